The Morgan fingerprint density at radius 1 is 0.433 bits per heavy atom. The van der Waals surface area contributed by atoms with E-state index in [0.29, 0.717) is 38.2 Å². The molecule has 1 aliphatic heterocycles. The molecule has 0 saturated carbocycles. The summed E-state index contributed by atoms with van der Waals surface area (Å²) in [5, 5.41) is 113. The van der Waals surface area contributed by atoms with Gasteiger partial charge >= 0.3 is 12.1 Å². The van der Waals surface area contributed by atoms with E-state index in [1.807, 2.05) is 0 Å². The minimum absolute atomic E-state index is 0.00154. The van der Waals surface area contributed by atoms with E-state index in [9.17, 15) is 57.8 Å². The molecule has 9 amide bonds. The Labute approximate surface area is 707 Å². The molecule has 3 rings (SSSR count). The lowest BCUT2D eigenvalue weighted by molar-refractivity contribution is -0.138. The number of carbonyl (C=O) groups excluding carboxylic acids is 10. The third-order valence-electron chi connectivity index (χ3n) is 16.9. The van der Waals surface area contributed by atoms with Crippen LogP contribution in [-0.2, 0) is 52.7 Å². The van der Waals surface area contributed by atoms with Gasteiger partial charge in [0, 0.05) is 75.7 Å². The molecule has 10 atom stereocenters. The average molecular weight is 1770 g/mol. The molecule has 120 heavy (non-hydrogen) atoms. The second-order valence-electron chi connectivity index (χ2n) is 26.8. The first-order valence-electron chi connectivity index (χ1n) is 38.0. The maximum Gasteiger partial charge on any atom is 0.513 e. The van der Waals surface area contributed by atoms with Crippen LogP contribution >= 0.6 is 44.7 Å². The first-order valence-corrected chi connectivity index (χ1v) is 42.3. The van der Waals surface area contributed by atoms with Gasteiger partial charge in [0.2, 0.25) is 53.2 Å². The molecule has 0 unspecified atom stereocenters. The molecule has 45 N–H and O–H groups in total. The van der Waals surface area contributed by atoms with Gasteiger partial charge in [0.1, 0.15) is 64.1 Å². The number of rotatable bonds is 59. The van der Waals surface area contributed by atoms with Crippen LogP contribution in [0.25, 0.3) is 10.2 Å². The second kappa shape index (κ2) is 56.3. The summed E-state index contributed by atoms with van der Waals surface area (Å²) in [5.74, 6) is -11.8. The van der Waals surface area contributed by atoms with E-state index in [2.05, 4.69) is 95.0 Å². The number of nitrogens with one attached hydrogen (secondary N) is 24. The van der Waals surface area contributed by atoms with Crippen LogP contribution in [0.15, 0.2) is 23.2 Å². The number of aromatic nitrogens is 1. The number of hydrogen-bond acceptors (Lipinski definition) is 28. The maximum absolute atomic E-state index is 14.9. The molecule has 1 aromatic carbocycles. The summed E-state index contributed by atoms with van der Waals surface area (Å²) < 4.78 is 11.3. The number of carbonyl (C=O) groups is 11. The number of carboxylic acid groups (broad SMARTS) is 1. The molecular weight excluding hydrogens is 1650 g/mol. The van der Waals surface area contributed by atoms with E-state index >= 15 is 0 Å². The number of nitrogens with two attached hydrogens (primary N) is 10. The number of carboxylic acids is 1. The average Bonchev–Trinajstić information content (AvgIpc) is 1.65. The predicted molar refractivity (Wildman–Crippen MR) is 457 cm³/mol. The number of benzene rings is 1. The maximum atomic E-state index is 14.9. The molecule has 0 aliphatic carbocycles. The monoisotopic (exact) mass is 1760 g/mol. The molecule has 0 saturated heterocycles. The molecule has 0 fully saturated rings. The summed E-state index contributed by atoms with van der Waals surface area (Å²) >= 11 is 2.55. The minimum atomic E-state index is -1.60. The van der Waals surface area contributed by atoms with E-state index in [0.717, 1.165) is 0 Å². The third-order valence-corrected chi connectivity index (χ3v) is 21.6. The second-order valence-corrected chi connectivity index (χ2v) is 31.4. The van der Waals surface area contributed by atoms with E-state index in [-0.39, 0.29) is 185 Å². The molecule has 0 radical (unpaired) electrons. The van der Waals surface area contributed by atoms with Gasteiger partial charge in [0.05, 0.1) is 22.9 Å². The van der Waals surface area contributed by atoms with E-state index in [1.54, 1.807) is 12.1 Å². The number of ether oxygens (including phenoxy) is 2. The van der Waals surface area contributed by atoms with Crippen LogP contribution in [0.1, 0.15) is 114 Å². The van der Waals surface area contributed by atoms with Gasteiger partial charge in [-0.1, -0.05) is 21.6 Å². The fraction of sp³-hybridized carbons (Fsp3) is 0.591. The zero-order valence-corrected chi connectivity index (χ0v) is 69.3. The van der Waals surface area contributed by atoms with E-state index < -0.39 is 161 Å². The van der Waals surface area contributed by atoms with Gasteiger partial charge in [-0.15, -0.1) is 23.1 Å². The van der Waals surface area contributed by atoms with Crippen molar-refractivity contribution < 1.29 is 67.3 Å². The van der Waals surface area contributed by atoms with Crippen LogP contribution < -0.4 is 147 Å². The summed E-state index contributed by atoms with van der Waals surface area (Å²) in [4.78, 5) is 162. The number of nitrogens with zero attached hydrogens (tertiary/aromatic N) is 2. The number of hydrogen-bond donors (Lipinski definition) is 35. The van der Waals surface area contributed by atoms with Crippen molar-refractivity contribution in [3.05, 3.63) is 23.2 Å². The highest BCUT2D eigenvalue weighted by atomic mass is 33.1. The lowest BCUT2D eigenvalue weighted by Gasteiger charge is -2.28. The SMILES string of the molecule is N=C(N)NCCC[C@@H](NC(=O)[C@@H](CCCNC(=N)N)NC(=O)[C@@H](CCCNC(=N)N)NC(=O)[C@@H](CCCNC(=N)N)NC(=O)[C@@H](CCCNC(=N)N)NC(=O)[C@@H](CCCNC(=N)N)NC(=O)[C@@H](CCCNC(=N)N)NC(=O)[C@@H](CCCNC(=N)N)NC(=O)[C@H](N)CSSCCCOC(=O)Oc1ccc2nc(C3=N[C@@H](C(=O)O)CS3)sc2c1)C(N)=O. The molecule has 0 spiro atoms. The summed E-state index contributed by atoms with van der Waals surface area (Å²) in [5.41, 5.74) is 56.8. The zero-order chi connectivity index (χ0) is 89.2. The van der Waals surface area contributed by atoms with Crippen molar-refractivity contribution in [2.75, 3.05) is 76.2 Å². The first kappa shape index (κ1) is 102. The van der Waals surface area contributed by atoms with Gasteiger partial charge in [0.15, 0.2) is 53.7 Å². The molecule has 1 aliphatic rings. The van der Waals surface area contributed by atoms with E-state index in [4.69, 9.17) is 110 Å². The molecule has 0 bridgehead atoms. The molecule has 50 nitrogen and oxygen atoms in total. The van der Waals surface area contributed by atoms with E-state index in [1.165, 1.54) is 50.8 Å². The predicted octanol–water partition coefficient (Wildman–Crippen LogP) is -7.67. The number of aliphatic imine (C=N–C) groups is 1. The van der Waals surface area contributed by atoms with Gasteiger partial charge in [-0.3, -0.25) is 91.4 Å². The summed E-state index contributed by atoms with van der Waals surface area (Å²) in [7, 11) is 2.53. The third kappa shape index (κ3) is 43.4. The molecule has 668 valence electrons. The van der Waals surface area contributed by atoms with Crippen molar-refractivity contribution in [2.45, 2.75) is 170 Å². The van der Waals surface area contributed by atoms with Crippen LogP contribution in [0.2, 0.25) is 0 Å². The minimum Gasteiger partial charge on any atom is -0.480 e. The van der Waals surface area contributed by atoms with Gasteiger partial charge < -0.3 is 157 Å². The first-order chi connectivity index (χ1) is 56.9. The number of thiazole rings is 1. The molecule has 54 heteroatoms. The Bertz CT molecular complexity index is 3880. The number of amides is 9. The highest BCUT2D eigenvalue weighted by Crippen LogP contribution is 2.32. The summed E-state index contributed by atoms with van der Waals surface area (Å²) in [6.45, 7) is 0.118. The lowest BCUT2D eigenvalue weighted by atomic mass is 10.0. The summed E-state index contributed by atoms with van der Waals surface area (Å²) in [6.07, 6.45) is -1.42. The largest absolute Gasteiger partial charge is 0.513 e. The van der Waals surface area contributed by atoms with Crippen LogP contribution in [0.4, 0.5) is 4.79 Å². The van der Waals surface area contributed by atoms with Gasteiger partial charge in [-0.2, -0.15) is 0 Å². The highest BCUT2D eigenvalue weighted by Gasteiger charge is 2.36. The number of fused-ring (bicyclic) bond motifs is 1. The highest BCUT2D eigenvalue weighted by molar-refractivity contribution is 8.76. The van der Waals surface area contributed by atoms with Gasteiger partial charge in [0.25, 0.3) is 0 Å². The topological polar surface area (TPSA) is 895 Å². The van der Waals surface area contributed by atoms with Gasteiger partial charge in [-0.05, 0) is 121 Å². The van der Waals surface area contributed by atoms with Crippen molar-refractivity contribution in [2.24, 2.45) is 62.3 Å². The number of aliphatic carboxylic acids is 1. The van der Waals surface area contributed by atoms with Crippen molar-refractivity contribution in [1.29, 1.82) is 43.3 Å². The van der Waals surface area contributed by atoms with Crippen molar-refractivity contribution in [3.63, 3.8) is 0 Å². The Hall–Kier alpha value is -12.1. The molecule has 2 heterocycles. The smallest absolute Gasteiger partial charge is 0.480 e. The van der Waals surface area contributed by atoms with Gasteiger partial charge in [-0.25, -0.2) is 14.6 Å². The lowest BCUT2D eigenvalue weighted by Crippen LogP contribution is -2.60. The molecule has 1 aromatic heterocycles. The van der Waals surface area contributed by atoms with Crippen molar-refractivity contribution in [1.82, 2.24) is 90.1 Å². The normalized spacial score (nSPS) is 14.3. The van der Waals surface area contributed by atoms with Crippen LogP contribution in [0, 0.1) is 43.3 Å². The zero-order valence-electron chi connectivity index (χ0n) is 66.1. The fourth-order valence-corrected chi connectivity index (χ4v) is 15.2. The quantitative estimate of drug-likeness (QED) is 0.00730. The number of guanidine groups is 8. The summed E-state index contributed by atoms with van der Waals surface area (Å²) in [6, 6.07) is -9.21. The fourth-order valence-electron chi connectivity index (χ4n) is 10.9. The molecular formula is C66H116N36O14S4. The van der Waals surface area contributed by atoms with Crippen LogP contribution in [0.3, 0.4) is 0 Å². The Kier molecular flexibility index (Phi) is 47.9. The standard InChI is InChI=1S/C66H116N36O14S4/c67-34(31-119-118-29-9-28-115-66(114)116-33-18-19-35-45(30-33)120-56(101-35)55-102-44(32-117-55)57(112)113)47(104)94-37(11-2-21-86-59(71)72)49(106)96-39(13-4-23-88-61(75)76)51(108)98-41(15-6-25-90-63(79)80)53(110)100-43(17-8-27-92-65(83)84)54(111)99-42(16-7-26-91-64(81)82)52(109)97-40(14-5-24-89-62(77)78)50(107)95-38(12-3-22-87-60(73)74)48(105)93-36(46(68)103)10-1-20-85-58(69)70/h18-19,30,34,36-44H,1-17,20-29,31-32,67H2,(H2,68,103)(H,93,105)(H,94,104)(H,95,107)(H,96,106)(H,97,109)(H,98,108)(H,99,111)(H,100,110)(H,112,113)(H4,69,70,85)(H4,71,72,86)(H4,73,74,87)(H4,75,76,88)(H4,77,78,89)(H4,79,80,90)(H4,81,82,91)(H4,83,84,92)/t34-,36-,37-,38-,39-,40-,41-,42-,43-,44-/m1/s1. The Morgan fingerprint density at radius 2 is 0.733 bits per heavy atom. The van der Waals surface area contributed by atoms with Crippen molar-refractivity contribution >= 4 is 173 Å². The molecule has 2 aromatic rings. The van der Waals surface area contributed by atoms with Crippen LogP contribution in [-0.4, -0.2) is 265 Å². The number of thioether (sulfide) groups is 1. The Balaban J connectivity index is 1.93. The number of primary amides is 1. The van der Waals surface area contributed by atoms with Crippen LogP contribution in [0.5, 0.6) is 5.75 Å². The Morgan fingerprint density at radius 3 is 1.02 bits per heavy atom. The van der Waals surface area contributed by atoms with Crippen molar-refractivity contribution in [3.8, 4) is 5.75 Å².